The number of thioether (sulfide) groups is 1. The standard InChI is InChI=1S/C21H16ClNO3S3/c1-14(15-6-3-2-4-7-15)28-21-20(23-19(26-21)18-8-5-13-27-18)29(24,25)17-11-9-16(22)10-12-17/h2-14H,1H3/t14-/m1/s1. The number of nitrogens with zero attached hydrogens (tertiary/aromatic N) is 1. The lowest BCUT2D eigenvalue weighted by atomic mass is 10.2. The average Bonchev–Trinajstić information content (AvgIpc) is 3.39. The van der Waals surface area contributed by atoms with E-state index in [1.54, 1.807) is 12.1 Å². The van der Waals surface area contributed by atoms with Crippen LogP contribution in [0, 0.1) is 0 Å². The van der Waals surface area contributed by atoms with E-state index in [4.69, 9.17) is 16.0 Å². The van der Waals surface area contributed by atoms with Crippen LogP contribution in [0.15, 0.2) is 91.5 Å². The van der Waals surface area contributed by atoms with Crippen molar-refractivity contribution >= 4 is 44.5 Å². The van der Waals surface area contributed by atoms with Crippen LogP contribution in [0.25, 0.3) is 10.8 Å². The summed E-state index contributed by atoms with van der Waals surface area (Å²) < 4.78 is 32.5. The van der Waals surface area contributed by atoms with Crippen molar-refractivity contribution in [3.05, 3.63) is 82.7 Å². The van der Waals surface area contributed by atoms with E-state index in [-0.39, 0.29) is 20.3 Å². The fraction of sp³-hybridized carbons (Fsp3) is 0.0952. The SMILES string of the molecule is C[C@@H](Sc1oc(-c2cccs2)nc1S(=O)(=O)c1ccc(Cl)cc1)c1ccccc1. The first kappa shape index (κ1) is 20.2. The van der Waals surface area contributed by atoms with Gasteiger partial charge in [-0.2, -0.15) is 4.98 Å². The van der Waals surface area contributed by atoms with Crippen molar-refractivity contribution in [2.45, 2.75) is 27.2 Å². The van der Waals surface area contributed by atoms with Gasteiger partial charge in [0.25, 0.3) is 0 Å². The zero-order valence-electron chi connectivity index (χ0n) is 15.3. The van der Waals surface area contributed by atoms with Crippen LogP contribution in [-0.4, -0.2) is 13.4 Å². The molecule has 0 fully saturated rings. The van der Waals surface area contributed by atoms with Gasteiger partial charge in [0.05, 0.1) is 9.77 Å². The maximum absolute atomic E-state index is 13.3. The lowest BCUT2D eigenvalue weighted by molar-refractivity contribution is 0.470. The summed E-state index contributed by atoms with van der Waals surface area (Å²) in [7, 11) is -3.86. The molecule has 0 aliphatic heterocycles. The Labute approximate surface area is 182 Å². The van der Waals surface area contributed by atoms with Gasteiger partial charge in [-0.25, -0.2) is 8.42 Å². The normalized spacial score (nSPS) is 12.8. The summed E-state index contributed by atoms with van der Waals surface area (Å²) in [6.45, 7) is 2.01. The molecule has 0 bridgehead atoms. The Morgan fingerprint density at radius 2 is 1.76 bits per heavy atom. The number of oxazole rings is 1. The van der Waals surface area contributed by atoms with Gasteiger partial charge in [0, 0.05) is 10.3 Å². The minimum absolute atomic E-state index is 0.0143. The fourth-order valence-corrected chi connectivity index (χ4v) is 6.04. The van der Waals surface area contributed by atoms with E-state index < -0.39 is 9.84 Å². The fourth-order valence-electron chi connectivity index (χ4n) is 2.72. The average molecular weight is 462 g/mol. The summed E-state index contributed by atoms with van der Waals surface area (Å²) in [4.78, 5) is 5.27. The lowest BCUT2D eigenvalue weighted by Crippen LogP contribution is -2.04. The Balaban J connectivity index is 1.78. The van der Waals surface area contributed by atoms with Gasteiger partial charge >= 0.3 is 0 Å². The van der Waals surface area contributed by atoms with Crippen LogP contribution in [0.2, 0.25) is 5.02 Å². The van der Waals surface area contributed by atoms with E-state index in [1.165, 1.54) is 35.2 Å². The van der Waals surface area contributed by atoms with Gasteiger partial charge in [-0.1, -0.05) is 59.8 Å². The second kappa shape index (κ2) is 8.36. The summed E-state index contributed by atoms with van der Waals surface area (Å²) in [5, 5.41) is 2.55. The van der Waals surface area contributed by atoms with Crippen LogP contribution < -0.4 is 0 Å². The molecule has 0 saturated carbocycles. The van der Waals surface area contributed by atoms with Gasteiger partial charge in [-0.15, -0.1) is 11.3 Å². The highest BCUT2D eigenvalue weighted by molar-refractivity contribution is 8.00. The Morgan fingerprint density at radius 3 is 2.41 bits per heavy atom. The molecule has 8 heteroatoms. The number of thiophene rings is 1. The zero-order valence-corrected chi connectivity index (χ0v) is 18.5. The van der Waals surface area contributed by atoms with Gasteiger partial charge < -0.3 is 4.42 Å². The van der Waals surface area contributed by atoms with E-state index in [1.807, 2.05) is 54.8 Å². The molecule has 0 spiro atoms. The molecular weight excluding hydrogens is 446 g/mol. The third-order valence-corrected chi connectivity index (χ3v) is 8.26. The molecule has 0 aliphatic rings. The molecule has 148 valence electrons. The van der Waals surface area contributed by atoms with Crippen LogP contribution >= 0.6 is 34.7 Å². The van der Waals surface area contributed by atoms with Crippen molar-refractivity contribution in [1.29, 1.82) is 0 Å². The minimum Gasteiger partial charge on any atom is -0.427 e. The molecule has 4 aromatic rings. The topological polar surface area (TPSA) is 60.2 Å². The Kier molecular flexibility index (Phi) is 5.83. The molecule has 29 heavy (non-hydrogen) atoms. The molecular formula is C21H16ClNO3S3. The minimum atomic E-state index is -3.86. The number of benzene rings is 2. The molecule has 1 atom stereocenters. The molecule has 0 radical (unpaired) electrons. The number of sulfone groups is 1. The summed E-state index contributed by atoms with van der Waals surface area (Å²) in [5.74, 6) is 0.301. The van der Waals surface area contributed by atoms with Crippen LogP contribution in [0.4, 0.5) is 0 Å². The molecule has 0 N–H and O–H groups in total. The predicted octanol–water partition coefficient (Wildman–Crippen LogP) is 6.74. The smallest absolute Gasteiger partial charge is 0.238 e. The van der Waals surface area contributed by atoms with Crippen LogP contribution in [0.3, 0.4) is 0 Å². The highest BCUT2D eigenvalue weighted by Gasteiger charge is 2.30. The first-order chi connectivity index (χ1) is 13.9. The Morgan fingerprint density at radius 1 is 1.03 bits per heavy atom. The maximum atomic E-state index is 13.3. The van der Waals surface area contributed by atoms with Crippen LogP contribution in [0.5, 0.6) is 0 Å². The van der Waals surface area contributed by atoms with Crippen molar-refractivity contribution in [2.75, 3.05) is 0 Å². The van der Waals surface area contributed by atoms with Crippen molar-refractivity contribution in [2.24, 2.45) is 0 Å². The second-order valence-electron chi connectivity index (χ2n) is 6.22. The molecule has 0 aliphatic carbocycles. The monoisotopic (exact) mass is 461 g/mol. The van der Waals surface area contributed by atoms with Crippen molar-refractivity contribution < 1.29 is 12.8 Å². The van der Waals surface area contributed by atoms with Gasteiger partial charge in [-0.3, -0.25) is 0 Å². The first-order valence-corrected chi connectivity index (χ1v) is 12.3. The molecule has 4 nitrogen and oxygen atoms in total. The first-order valence-electron chi connectivity index (χ1n) is 8.72. The third kappa shape index (κ3) is 4.28. The number of hydrogen-bond acceptors (Lipinski definition) is 6. The van der Waals surface area contributed by atoms with E-state index in [0.29, 0.717) is 10.9 Å². The Hall–Kier alpha value is -2.06. The molecule has 2 aromatic heterocycles. The lowest BCUT2D eigenvalue weighted by Gasteiger charge is -2.10. The third-order valence-electron chi connectivity index (χ3n) is 4.23. The van der Waals surface area contributed by atoms with Gasteiger partial charge in [0.1, 0.15) is 0 Å². The van der Waals surface area contributed by atoms with E-state index in [9.17, 15) is 8.42 Å². The molecule has 4 rings (SSSR count). The van der Waals surface area contributed by atoms with Crippen molar-refractivity contribution in [1.82, 2.24) is 4.98 Å². The number of rotatable bonds is 6. The molecule has 2 aromatic carbocycles. The summed E-state index contributed by atoms with van der Waals surface area (Å²) >= 11 is 8.70. The maximum Gasteiger partial charge on any atom is 0.238 e. The van der Waals surface area contributed by atoms with Gasteiger partial charge in [0.2, 0.25) is 25.8 Å². The van der Waals surface area contributed by atoms with Crippen molar-refractivity contribution in [3.8, 4) is 10.8 Å². The Bertz CT molecular complexity index is 1200. The molecule has 0 unspecified atom stereocenters. The van der Waals surface area contributed by atoms with E-state index >= 15 is 0 Å². The second-order valence-corrected chi connectivity index (χ2v) is 10.8. The zero-order chi connectivity index (χ0) is 20.4. The largest absolute Gasteiger partial charge is 0.427 e. The summed E-state index contributed by atoms with van der Waals surface area (Å²) in [5.41, 5.74) is 1.07. The van der Waals surface area contributed by atoms with E-state index in [2.05, 4.69) is 4.98 Å². The highest BCUT2D eigenvalue weighted by atomic mass is 35.5. The molecule has 0 saturated heterocycles. The van der Waals surface area contributed by atoms with Gasteiger partial charge in [0.15, 0.2) is 0 Å². The molecule has 2 heterocycles. The van der Waals surface area contributed by atoms with Gasteiger partial charge in [-0.05, 0) is 48.2 Å². The summed E-state index contributed by atoms with van der Waals surface area (Å²) in [6, 6.07) is 19.6. The van der Waals surface area contributed by atoms with Crippen molar-refractivity contribution in [3.63, 3.8) is 0 Å². The number of aromatic nitrogens is 1. The summed E-state index contributed by atoms with van der Waals surface area (Å²) in [6.07, 6.45) is 0. The highest BCUT2D eigenvalue weighted by Crippen LogP contribution is 2.42. The number of hydrogen-bond donors (Lipinski definition) is 0. The number of halogens is 1. The predicted molar refractivity (Wildman–Crippen MR) is 117 cm³/mol. The van der Waals surface area contributed by atoms with Crippen LogP contribution in [0.1, 0.15) is 17.7 Å². The van der Waals surface area contributed by atoms with Crippen LogP contribution in [-0.2, 0) is 9.84 Å². The van der Waals surface area contributed by atoms with E-state index in [0.717, 1.165) is 10.4 Å². The quantitative estimate of drug-likeness (QED) is 0.297. The molecule has 0 amide bonds.